The maximum Gasteiger partial charge on any atom is 0.321 e. The molecule has 98 valence electrons. The number of aliphatic hydroxyl groups is 1. The highest BCUT2D eigenvalue weighted by molar-refractivity contribution is 5.74. The van der Waals surface area contributed by atoms with Crippen LogP contribution in [0.1, 0.15) is 25.0 Å². The standard InChI is InChI=1S/C14H19NO3/c1-10-7-8-15(13(10)14(17)18)9-12(16)11-5-3-2-4-6-11/h2-6,10,12-13,16H,7-9H2,1H3,(H,17,18). The fraction of sp³-hybridized carbons (Fsp3) is 0.500. The second-order valence-electron chi connectivity index (χ2n) is 4.97. The van der Waals surface area contributed by atoms with Crippen LogP contribution in [0, 0.1) is 5.92 Å². The number of nitrogens with zero attached hydrogens (tertiary/aromatic N) is 1. The van der Waals surface area contributed by atoms with Crippen molar-refractivity contribution in [1.29, 1.82) is 0 Å². The number of benzene rings is 1. The molecular weight excluding hydrogens is 230 g/mol. The van der Waals surface area contributed by atoms with Gasteiger partial charge in [0.2, 0.25) is 0 Å². The lowest BCUT2D eigenvalue weighted by molar-refractivity contribution is -0.143. The van der Waals surface area contributed by atoms with Gasteiger partial charge in [0, 0.05) is 6.54 Å². The van der Waals surface area contributed by atoms with Crippen molar-refractivity contribution in [1.82, 2.24) is 4.90 Å². The van der Waals surface area contributed by atoms with E-state index in [1.807, 2.05) is 42.2 Å². The third-order valence-electron chi connectivity index (χ3n) is 3.65. The van der Waals surface area contributed by atoms with Crippen LogP contribution in [0.3, 0.4) is 0 Å². The number of hydrogen-bond acceptors (Lipinski definition) is 3. The van der Waals surface area contributed by atoms with Gasteiger partial charge in [-0.3, -0.25) is 9.69 Å². The number of rotatable bonds is 4. The molecule has 1 heterocycles. The maximum absolute atomic E-state index is 11.2. The number of likely N-dealkylation sites (tertiary alicyclic amines) is 1. The molecule has 1 aromatic carbocycles. The zero-order valence-electron chi connectivity index (χ0n) is 10.5. The minimum absolute atomic E-state index is 0.144. The second kappa shape index (κ2) is 5.50. The summed E-state index contributed by atoms with van der Waals surface area (Å²) >= 11 is 0. The summed E-state index contributed by atoms with van der Waals surface area (Å²) in [5.74, 6) is -0.647. The molecule has 3 atom stereocenters. The highest BCUT2D eigenvalue weighted by atomic mass is 16.4. The highest BCUT2D eigenvalue weighted by Gasteiger charge is 2.37. The highest BCUT2D eigenvalue weighted by Crippen LogP contribution is 2.26. The van der Waals surface area contributed by atoms with Crippen LogP contribution in [0.4, 0.5) is 0 Å². The normalized spacial score (nSPS) is 26.1. The average molecular weight is 249 g/mol. The summed E-state index contributed by atoms with van der Waals surface area (Å²) in [6.07, 6.45) is 0.247. The number of carboxylic acids is 1. The molecule has 1 aromatic rings. The number of aliphatic carboxylic acids is 1. The van der Waals surface area contributed by atoms with E-state index in [1.54, 1.807) is 0 Å². The van der Waals surface area contributed by atoms with Crippen molar-refractivity contribution in [3.8, 4) is 0 Å². The monoisotopic (exact) mass is 249 g/mol. The molecule has 0 aromatic heterocycles. The zero-order valence-corrected chi connectivity index (χ0v) is 10.5. The fourth-order valence-corrected chi connectivity index (χ4v) is 2.63. The topological polar surface area (TPSA) is 60.8 Å². The molecule has 0 amide bonds. The molecule has 4 nitrogen and oxygen atoms in total. The lowest BCUT2D eigenvalue weighted by Gasteiger charge is -2.25. The van der Waals surface area contributed by atoms with Crippen molar-refractivity contribution in [2.45, 2.75) is 25.5 Å². The fourth-order valence-electron chi connectivity index (χ4n) is 2.63. The minimum atomic E-state index is -0.791. The van der Waals surface area contributed by atoms with Crippen molar-refractivity contribution in [2.24, 2.45) is 5.92 Å². The summed E-state index contributed by atoms with van der Waals surface area (Å²) in [6, 6.07) is 8.90. The third-order valence-corrected chi connectivity index (χ3v) is 3.65. The van der Waals surface area contributed by atoms with Gasteiger partial charge in [0.25, 0.3) is 0 Å². The Morgan fingerprint density at radius 1 is 1.44 bits per heavy atom. The molecule has 0 aliphatic carbocycles. The summed E-state index contributed by atoms with van der Waals surface area (Å²) in [6.45, 7) is 3.07. The van der Waals surface area contributed by atoms with E-state index in [1.165, 1.54) is 0 Å². The number of hydrogen-bond donors (Lipinski definition) is 2. The van der Waals surface area contributed by atoms with Gasteiger partial charge in [-0.05, 0) is 24.4 Å². The minimum Gasteiger partial charge on any atom is -0.480 e. The zero-order chi connectivity index (χ0) is 13.1. The maximum atomic E-state index is 11.2. The van der Waals surface area contributed by atoms with E-state index in [0.29, 0.717) is 6.54 Å². The Morgan fingerprint density at radius 3 is 2.72 bits per heavy atom. The van der Waals surface area contributed by atoms with E-state index in [9.17, 15) is 15.0 Å². The van der Waals surface area contributed by atoms with Crippen LogP contribution in [0.2, 0.25) is 0 Å². The second-order valence-corrected chi connectivity index (χ2v) is 4.97. The van der Waals surface area contributed by atoms with Crippen LogP contribution in [-0.2, 0) is 4.79 Å². The van der Waals surface area contributed by atoms with E-state index < -0.39 is 18.1 Å². The lowest BCUT2D eigenvalue weighted by atomic mass is 10.0. The Bertz CT molecular complexity index is 407. The summed E-state index contributed by atoms with van der Waals surface area (Å²) < 4.78 is 0. The van der Waals surface area contributed by atoms with Gasteiger partial charge >= 0.3 is 5.97 Å². The van der Waals surface area contributed by atoms with E-state index in [0.717, 1.165) is 18.5 Å². The molecule has 1 aliphatic rings. The Balaban J connectivity index is 2.03. The van der Waals surface area contributed by atoms with Crippen LogP contribution in [0.25, 0.3) is 0 Å². The Hall–Kier alpha value is -1.39. The number of aliphatic hydroxyl groups excluding tert-OH is 1. The molecule has 0 radical (unpaired) electrons. The van der Waals surface area contributed by atoms with Gasteiger partial charge in [-0.1, -0.05) is 37.3 Å². The molecule has 1 saturated heterocycles. The van der Waals surface area contributed by atoms with Gasteiger partial charge in [-0.15, -0.1) is 0 Å². The van der Waals surface area contributed by atoms with Crippen LogP contribution in [0.15, 0.2) is 30.3 Å². The van der Waals surface area contributed by atoms with Crippen molar-refractivity contribution >= 4 is 5.97 Å². The summed E-state index contributed by atoms with van der Waals surface area (Å²) in [7, 11) is 0. The van der Waals surface area contributed by atoms with Crippen LogP contribution < -0.4 is 0 Å². The molecule has 0 saturated carbocycles. The number of carboxylic acid groups (broad SMARTS) is 1. The molecule has 2 N–H and O–H groups in total. The first-order valence-electron chi connectivity index (χ1n) is 6.29. The number of β-amino-alcohol motifs (C(OH)–C–C–N with tert-alkyl or cyclic N) is 1. The average Bonchev–Trinajstić information content (AvgIpc) is 2.71. The van der Waals surface area contributed by atoms with Crippen LogP contribution >= 0.6 is 0 Å². The molecule has 4 heteroatoms. The molecule has 18 heavy (non-hydrogen) atoms. The summed E-state index contributed by atoms with van der Waals surface area (Å²) in [5.41, 5.74) is 0.834. The first-order chi connectivity index (χ1) is 8.59. The molecule has 0 spiro atoms. The Kier molecular flexibility index (Phi) is 3.99. The van der Waals surface area contributed by atoms with Crippen molar-refractivity contribution < 1.29 is 15.0 Å². The summed E-state index contributed by atoms with van der Waals surface area (Å²) in [4.78, 5) is 13.1. The van der Waals surface area contributed by atoms with Gasteiger partial charge in [0.15, 0.2) is 0 Å². The SMILES string of the molecule is CC1CCN(CC(O)c2ccccc2)C1C(=O)O. The number of carbonyl (C=O) groups is 1. The Labute approximate surface area is 107 Å². The first-order valence-corrected chi connectivity index (χ1v) is 6.29. The van der Waals surface area contributed by atoms with Crippen LogP contribution in [0.5, 0.6) is 0 Å². The molecular formula is C14H19NO3. The van der Waals surface area contributed by atoms with E-state index in [-0.39, 0.29) is 5.92 Å². The molecule has 2 rings (SSSR count). The largest absolute Gasteiger partial charge is 0.480 e. The van der Waals surface area contributed by atoms with E-state index >= 15 is 0 Å². The molecule has 1 aliphatic heterocycles. The van der Waals surface area contributed by atoms with Gasteiger partial charge in [0.1, 0.15) is 6.04 Å². The molecule has 0 bridgehead atoms. The van der Waals surface area contributed by atoms with Crippen molar-refractivity contribution in [2.75, 3.05) is 13.1 Å². The smallest absolute Gasteiger partial charge is 0.321 e. The predicted molar refractivity (Wildman–Crippen MR) is 68.2 cm³/mol. The first kappa shape index (κ1) is 13.1. The lowest BCUT2D eigenvalue weighted by Crippen LogP contribution is -2.41. The van der Waals surface area contributed by atoms with Crippen LogP contribution in [-0.4, -0.2) is 40.2 Å². The van der Waals surface area contributed by atoms with Gasteiger partial charge in [0.05, 0.1) is 6.10 Å². The quantitative estimate of drug-likeness (QED) is 0.849. The molecule has 3 unspecified atom stereocenters. The summed E-state index contributed by atoms with van der Waals surface area (Å²) in [5, 5.41) is 19.3. The van der Waals surface area contributed by atoms with Crippen molar-refractivity contribution in [3.63, 3.8) is 0 Å². The Morgan fingerprint density at radius 2 is 2.11 bits per heavy atom. The van der Waals surface area contributed by atoms with Gasteiger partial charge < -0.3 is 10.2 Å². The molecule has 1 fully saturated rings. The third kappa shape index (κ3) is 2.71. The predicted octanol–water partition coefficient (Wildman–Crippen LogP) is 1.52. The van der Waals surface area contributed by atoms with E-state index in [4.69, 9.17) is 0 Å². The van der Waals surface area contributed by atoms with E-state index in [2.05, 4.69) is 0 Å². The van der Waals surface area contributed by atoms with Crippen molar-refractivity contribution in [3.05, 3.63) is 35.9 Å². The van der Waals surface area contributed by atoms with Gasteiger partial charge in [-0.2, -0.15) is 0 Å². The van der Waals surface area contributed by atoms with Gasteiger partial charge in [-0.25, -0.2) is 0 Å².